The summed E-state index contributed by atoms with van der Waals surface area (Å²) >= 11 is 6.41. The van der Waals surface area contributed by atoms with Gasteiger partial charge in [0.25, 0.3) is 0 Å². The Morgan fingerprint density at radius 2 is 2.06 bits per heavy atom. The molecule has 3 heteroatoms. The van der Waals surface area contributed by atoms with Crippen molar-refractivity contribution in [2.45, 2.75) is 38.1 Å². The van der Waals surface area contributed by atoms with Gasteiger partial charge in [-0.25, -0.2) is 0 Å². The van der Waals surface area contributed by atoms with Gasteiger partial charge in [-0.1, -0.05) is 11.6 Å². The van der Waals surface area contributed by atoms with Gasteiger partial charge in [0.2, 0.25) is 0 Å². The number of aromatic amines is 1. The molecule has 17 heavy (non-hydrogen) atoms. The van der Waals surface area contributed by atoms with Crippen LogP contribution >= 0.6 is 11.6 Å². The number of H-pyrrole nitrogens is 1. The minimum Gasteiger partial charge on any atom is -0.359 e. The van der Waals surface area contributed by atoms with E-state index in [1.807, 2.05) is 0 Å². The van der Waals surface area contributed by atoms with E-state index in [0.717, 1.165) is 23.4 Å². The van der Waals surface area contributed by atoms with Crippen LogP contribution in [0.15, 0.2) is 18.2 Å². The lowest BCUT2D eigenvalue weighted by atomic mass is 9.89. The number of nitrogens with one attached hydrogen (secondary N) is 1. The number of aromatic nitrogens is 1. The molecule has 1 aromatic carbocycles. The highest BCUT2D eigenvalue weighted by atomic mass is 35.5. The van der Waals surface area contributed by atoms with Gasteiger partial charge in [-0.2, -0.15) is 0 Å². The van der Waals surface area contributed by atoms with Crippen molar-refractivity contribution in [2.75, 3.05) is 0 Å². The summed E-state index contributed by atoms with van der Waals surface area (Å²) in [5.41, 5.74) is 9.77. The fraction of sp³-hybridized carbons (Fsp3) is 0.429. The smallest absolute Gasteiger partial charge is 0.0460 e. The second kappa shape index (κ2) is 3.50. The molecule has 1 aliphatic rings. The predicted molar refractivity (Wildman–Crippen MR) is 72.6 cm³/mol. The molecule has 1 aliphatic carbocycles. The van der Waals surface area contributed by atoms with E-state index >= 15 is 0 Å². The third-order valence-electron chi connectivity index (χ3n) is 4.04. The van der Waals surface area contributed by atoms with Crippen LogP contribution in [-0.4, -0.2) is 11.0 Å². The maximum atomic E-state index is 6.41. The molecule has 0 aliphatic heterocycles. The summed E-state index contributed by atoms with van der Waals surface area (Å²) < 4.78 is 0. The summed E-state index contributed by atoms with van der Waals surface area (Å²) in [5, 5.41) is 2.03. The second-order valence-electron chi connectivity index (χ2n) is 5.32. The van der Waals surface area contributed by atoms with E-state index in [0.29, 0.717) is 0 Å². The van der Waals surface area contributed by atoms with Crippen LogP contribution in [0.3, 0.4) is 0 Å². The first kappa shape index (κ1) is 11.1. The molecular formula is C14H17ClN2. The first-order chi connectivity index (χ1) is 8.03. The number of hydrogen-bond acceptors (Lipinski definition) is 1. The van der Waals surface area contributed by atoms with Crippen molar-refractivity contribution < 1.29 is 0 Å². The molecule has 0 amide bonds. The molecule has 2 nitrogen and oxygen atoms in total. The molecule has 0 bridgehead atoms. The SMILES string of the molecule is Cc1cc2cc(Cl)c(C3(C(C)N)CC3)cc2[nH]1. The van der Waals surface area contributed by atoms with Gasteiger partial charge in [0.15, 0.2) is 0 Å². The monoisotopic (exact) mass is 248 g/mol. The van der Waals surface area contributed by atoms with Crippen LogP contribution in [-0.2, 0) is 5.41 Å². The Hall–Kier alpha value is -0.990. The number of fused-ring (bicyclic) bond motifs is 1. The molecule has 1 heterocycles. The number of halogens is 1. The van der Waals surface area contributed by atoms with Crippen molar-refractivity contribution in [2.24, 2.45) is 5.73 Å². The maximum absolute atomic E-state index is 6.41. The van der Waals surface area contributed by atoms with Crippen molar-refractivity contribution >= 4 is 22.5 Å². The van der Waals surface area contributed by atoms with Gasteiger partial charge >= 0.3 is 0 Å². The summed E-state index contributed by atoms with van der Waals surface area (Å²) in [6.45, 7) is 4.14. The maximum Gasteiger partial charge on any atom is 0.0460 e. The summed E-state index contributed by atoms with van der Waals surface area (Å²) in [5.74, 6) is 0. The standard InChI is InChI=1S/C14H17ClN2/c1-8-5-10-6-12(15)11(7-13(10)17-8)14(3-4-14)9(2)16/h5-7,9,17H,3-4,16H2,1-2H3. The normalized spacial score (nSPS) is 19.5. The molecule has 90 valence electrons. The van der Waals surface area contributed by atoms with Gasteiger partial charge in [0.1, 0.15) is 0 Å². The molecule has 3 rings (SSSR count). The summed E-state index contributed by atoms with van der Waals surface area (Å²) in [4.78, 5) is 3.37. The van der Waals surface area contributed by atoms with E-state index in [9.17, 15) is 0 Å². The van der Waals surface area contributed by atoms with Crippen molar-refractivity contribution in [1.29, 1.82) is 0 Å². The average molecular weight is 249 g/mol. The van der Waals surface area contributed by atoms with Crippen LogP contribution in [0.2, 0.25) is 5.02 Å². The van der Waals surface area contributed by atoms with E-state index in [1.165, 1.54) is 16.6 Å². The lowest BCUT2D eigenvalue weighted by molar-refractivity contribution is 0.557. The molecule has 0 saturated heterocycles. The molecule has 3 N–H and O–H groups in total. The van der Waals surface area contributed by atoms with Gasteiger partial charge in [-0.3, -0.25) is 0 Å². The van der Waals surface area contributed by atoms with Crippen LogP contribution in [0, 0.1) is 6.92 Å². The highest BCUT2D eigenvalue weighted by molar-refractivity contribution is 6.32. The van der Waals surface area contributed by atoms with Crippen LogP contribution in [0.4, 0.5) is 0 Å². The Kier molecular flexibility index (Phi) is 2.29. The zero-order valence-electron chi connectivity index (χ0n) is 10.2. The summed E-state index contributed by atoms with van der Waals surface area (Å²) in [7, 11) is 0. The van der Waals surface area contributed by atoms with E-state index < -0.39 is 0 Å². The predicted octanol–water partition coefficient (Wildman–Crippen LogP) is 3.51. The van der Waals surface area contributed by atoms with Gasteiger partial charge < -0.3 is 10.7 Å². The number of rotatable bonds is 2. The van der Waals surface area contributed by atoms with E-state index in [4.69, 9.17) is 17.3 Å². The van der Waals surface area contributed by atoms with Gasteiger partial charge in [-0.15, -0.1) is 0 Å². The topological polar surface area (TPSA) is 41.8 Å². The quantitative estimate of drug-likeness (QED) is 0.839. The number of benzene rings is 1. The molecule has 1 saturated carbocycles. The largest absolute Gasteiger partial charge is 0.359 e. The lowest BCUT2D eigenvalue weighted by Gasteiger charge is -2.21. The minimum absolute atomic E-state index is 0.115. The first-order valence-electron chi connectivity index (χ1n) is 6.08. The molecule has 1 unspecified atom stereocenters. The molecular weight excluding hydrogens is 232 g/mol. The van der Waals surface area contributed by atoms with Crippen molar-refractivity contribution in [3.63, 3.8) is 0 Å². The molecule has 2 aromatic rings. The highest BCUT2D eigenvalue weighted by Gasteiger charge is 2.48. The third kappa shape index (κ3) is 1.59. The number of nitrogens with two attached hydrogens (primary N) is 1. The van der Waals surface area contributed by atoms with Gasteiger partial charge in [-0.05, 0) is 50.5 Å². The van der Waals surface area contributed by atoms with Gasteiger partial charge in [0, 0.05) is 33.1 Å². The van der Waals surface area contributed by atoms with Crippen molar-refractivity contribution in [1.82, 2.24) is 4.98 Å². The minimum atomic E-state index is 0.115. The Morgan fingerprint density at radius 3 is 2.65 bits per heavy atom. The van der Waals surface area contributed by atoms with Gasteiger partial charge in [0.05, 0.1) is 0 Å². The summed E-state index contributed by atoms with van der Waals surface area (Å²) in [6, 6.07) is 6.52. The third-order valence-corrected chi connectivity index (χ3v) is 4.35. The fourth-order valence-corrected chi connectivity index (χ4v) is 3.14. The van der Waals surface area contributed by atoms with E-state index in [2.05, 4.69) is 37.0 Å². The van der Waals surface area contributed by atoms with E-state index in [-0.39, 0.29) is 11.5 Å². The summed E-state index contributed by atoms with van der Waals surface area (Å²) in [6.07, 6.45) is 2.30. The Balaban J connectivity index is 2.20. The average Bonchev–Trinajstić information content (AvgIpc) is 2.96. The molecule has 0 radical (unpaired) electrons. The number of hydrogen-bond donors (Lipinski definition) is 2. The van der Waals surface area contributed by atoms with E-state index in [1.54, 1.807) is 0 Å². The van der Waals surface area contributed by atoms with Crippen LogP contribution < -0.4 is 5.73 Å². The zero-order valence-corrected chi connectivity index (χ0v) is 10.9. The highest BCUT2D eigenvalue weighted by Crippen LogP contribution is 2.52. The van der Waals surface area contributed by atoms with Crippen molar-refractivity contribution in [3.05, 3.63) is 34.5 Å². The number of aryl methyl sites for hydroxylation is 1. The van der Waals surface area contributed by atoms with Crippen LogP contribution in [0.5, 0.6) is 0 Å². The molecule has 1 fully saturated rings. The lowest BCUT2D eigenvalue weighted by Crippen LogP contribution is -2.31. The first-order valence-corrected chi connectivity index (χ1v) is 6.46. The Labute approximate surface area is 106 Å². The van der Waals surface area contributed by atoms with Crippen molar-refractivity contribution in [3.8, 4) is 0 Å². The fourth-order valence-electron chi connectivity index (χ4n) is 2.78. The molecule has 1 atom stereocenters. The Bertz CT molecular complexity index is 579. The van der Waals surface area contributed by atoms with Crippen LogP contribution in [0.1, 0.15) is 31.0 Å². The molecule has 0 spiro atoms. The Morgan fingerprint density at radius 1 is 1.35 bits per heavy atom. The van der Waals surface area contributed by atoms with Crippen LogP contribution in [0.25, 0.3) is 10.9 Å². The molecule has 1 aromatic heterocycles. The zero-order chi connectivity index (χ0) is 12.2. The second-order valence-corrected chi connectivity index (χ2v) is 5.72.